The molecule has 2 unspecified atom stereocenters. The van der Waals surface area contributed by atoms with Crippen molar-refractivity contribution in [2.24, 2.45) is 5.92 Å². The Morgan fingerprint density at radius 1 is 1.50 bits per heavy atom. The molecule has 0 radical (unpaired) electrons. The maximum atomic E-state index is 6.05. The number of hydrogen-bond acceptors (Lipinski definition) is 2. The first-order chi connectivity index (χ1) is 6.77. The highest BCUT2D eigenvalue weighted by Gasteiger charge is 2.23. The molecular weight excluding hydrogens is 196 g/mol. The standard InChI is InChI=1S/C11H15ClN2/c1-8-3-2-4-10(8)14-11-7-13-6-5-9(11)12/h5-8,10,14H,2-4H2,1H3. The predicted octanol–water partition coefficient (Wildman–Crippen LogP) is 3.34. The number of rotatable bonds is 2. The number of nitrogens with zero attached hydrogens (tertiary/aromatic N) is 1. The van der Waals surface area contributed by atoms with Crippen LogP contribution in [-0.2, 0) is 0 Å². The minimum Gasteiger partial charge on any atom is -0.380 e. The Morgan fingerprint density at radius 3 is 3.00 bits per heavy atom. The van der Waals surface area contributed by atoms with Crippen molar-refractivity contribution in [1.29, 1.82) is 0 Å². The maximum absolute atomic E-state index is 6.05. The second-order valence-corrected chi connectivity index (χ2v) is 4.42. The van der Waals surface area contributed by atoms with Gasteiger partial charge in [0.2, 0.25) is 0 Å². The summed E-state index contributed by atoms with van der Waals surface area (Å²) in [5.74, 6) is 0.742. The molecule has 1 heterocycles. The molecule has 0 saturated heterocycles. The SMILES string of the molecule is CC1CCCC1Nc1cnccc1Cl. The van der Waals surface area contributed by atoms with E-state index in [1.54, 1.807) is 12.4 Å². The predicted molar refractivity (Wildman–Crippen MR) is 59.7 cm³/mol. The largest absolute Gasteiger partial charge is 0.380 e. The summed E-state index contributed by atoms with van der Waals surface area (Å²) < 4.78 is 0. The molecule has 3 heteroatoms. The highest BCUT2D eigenvalue weighted by Crippen LogP contribution is 2.29. The lowest BCUT2D eigenvalue weighted by Crippen LogP contribution is -2.21. The van der Waals surface area contributed by atoms with E-state index < -0.39 is 0 Å². The van der Waals surface area contributed by atoms with Gasteiger partial charge in [-0.05, 0) is 24.8 Å². The highest BCUT2D eigenvalue weighted by molar-refractivity contribution is 6.33. The van der Waals surface area contributed by atoms with Crippen LogP contribution in [0.25, 0.3) is 0 Å². The van der Waals surface area contributed by atoms with E-state index in [0.717, 1.165) is 16.6 Å². The monoisotopic (exact) mass is 210 g/mol. The van der Waals surface area contributed by atoms with Crippen LogP contribution in [0.15, 0.2) is 18.5 Å². The van der Waals surface area contributed by atoms with Gasteiger partial charge >= 0.3 is 0 Å². The quantitative estimate of drug-likeness (QED) is 0.810. The molecule has 0 aromatic carbocycles. The lowest BCUT2D eigenvalue weighted by Gasteiger charge is -2.18. The van der Waals surface area contributed by atoms with Crippen LogP contribution in [0, 0.1) is 5.92 Å². The maximum Gasteiger partial charge on any atom is 0.0718 e. The van der Waals surface area contributed by atoms with Crippen molar-refractivity contribution in [1.82, 2.24) is 4.98 Å². The number of hydrogen-bond donors (Lipinski definition) is 1. The van der Waals surface area contributed by atoms with Crippen LogP contribution in [0.1, 0.15) is 26.2 Å². The van der Waals surface area contributed by atoms with Crippen LogP contribution in [0.5, 0.6) is 0 Å². The molecule has 2 atom stereocenters. The Morgan fingerprint density at radius 2 is 2.36 bits per heavy atom. The smallest absolute Gasteiger partial charge is 0.0718 e. The molecule has 0 spiro atoms. The van der Waals surface area contributed by atoms with E-state index in [1.807, 2.05) is 6.07 Å². The van der Waals surface area contributed by atoms with E-state index in [-0.39, 0.29) is 0 Å². The van der Waals surface area contributed by atoms with Gasteiger partial charge in [0, 0.05) is 12.2 Å². The first-order valence-electron chi connectivity index (χ1n) is 5.13. The van der Waals surface area contributed by atoms with E-state index in [1.165, 1.54) is 19.3 Å². The highest BCUT2D eigenvalue weighted by atomic mass is 35.5. The molecule has 1 aliphatic rings. The summed E-state index contributed by atoms with van der Waals surface area (Å²) in [7, 11) is 0. The van der Waals surface area contributed by atoms with Crippen molar-refractivity contribution in [3.05, 3.63) is 23.5 Å². The average Bonchev–Trinajstić information content (AvgIpc) is 2.56. The van der Waals surface area contributed by atoms with Gasteiger partial charge in [0.1, 0.15) is 0 Å². The Hall–Kier alpha value is -0.760. The normalized spacial score (nSPS) is 26.4. The van der Waals surface area contributed by atoms with Gasteiger partial charge < -0.3 is 5.32 Å². The number of halogens is 1. The molecular formula is C11H15ClN2. The summed E-state index contributed by atoms with van der Waals surface area (Å²) in [4.78, 5) is 4.07. The topological polar surface area (TPSA) is 24.9 Å². The zero-order valence-electron chi connectivity index (χ0n) is 8.33. The molecule has 1 N–H and O–H groups in total. The second-order valence-electron chi connectivity index (χ2n) is 4.01. The molecule has 14 heavy (non-hydrogen) atoms. The van der Waals surface area contributed by atoms with E-state index in [9.17, 15) is 0 Å². The molecule has 1 aromatic rings. The lowest BCUT2D eigenvalue weighted by molar-refractivity contribution is 0.556. The zero-order valence-corrected chi connectivity index (χ0v) is 9.09. The number of aromatic nitrogens is 1. The minimum absolute atomic E-state index is 0.566. The Labute approximate surface area is 89.7 Å². The third kappa shape index (κ3) is 2.01. The van der Waals surface area contributed by atoms with Gasteiger partial charge in [-0.25, -0.2) is 0 Å². The Balaban J connectivity index is 2.07. The van der Waals surface area contributed by atoms with E-state index in [0.29, 0.717) is 6.04 Å². The lowest BCUT2D eigenvalue weighted by atomic mass is 10.1. The second kappa shape index (κ2) is 4.18. The van der Waals surface area contributed by atoms with Gasteiger partial charge in [-0.1, -0.05) is 24.9 Å². The van der Waals surface area contributed by atoms with E-state index >= 15 is 0 Å². The van der Waals surface area contributed by atoms with Gasteiger partial charge in [0.05, 0.1) is 16.9 Å². The van der Waals surface area contributed by atoms with Crippen LogP contribution in [0.3, 0.4) is 0 Å². The van der Waals surface area contributed by atoms with Crippen molar-refractivity contribution in [3.63, 3.8) is 0 Å². The third-order valence-corrected chi connectivity index (χ3v) is 3.30. The summed E-state index contributed by atoms with van der Waals surface area (Å²) in [6.45, 7) is 2.29. The molecule has 0 amide bonds. The van der Waals surface area contributed by atoms with E-state index in [2.05, 4.69) is 17.2 Å². The molecule has 0 aliphatic heterocycles. The number of nitrogens with one attached hydrogen (secondary N) is 1. The molecule has 1 aromatic heterocycles. The van der Waals surface area contributed by atoms with Crippen molar-refractivity contribution in [2.45, 2.75) is 32.2 Å². The fraction of sp³-hybridized carbons (Fsp3) is 0.545. The van der Waals surface area contributed by atoms with Crippen LogP contribution in [0.4, 0.5) is 5.69 Å². The van der Waals surface area contributed by atoms with Gasteiger partial charge in [-0.15, -0.1) is 0 Å². The first-order valence-corrected chi connectivity index (χ1v) is 5.51. The molecule has 2 nitrogen and oxygen atoms in total. The van der Waals surface area contributed by atoms with Gasteiger partial charge in [0.15, 0.2) is 0 Å². The average molecular weight is 211 g/mol. The van der Waals surface area contributed by atoms with Crippen molar-refractivity contribution in [2.75, 3.05) is 5.32 Å². The van der Waals surface area contributed by atoms with Crippen molar-refractivity contribution in [3.8, 4) is 0 Å². The molecule has 76 valence electrons. The van der Waals surface area contributed by atoms with Gasteiger partial charge in [-0.3, -0.25) is 4.98 Å². The Bertz CT molecular complexity index is 314. The summed E-state index contributed by atoms with van der Waals surface area (Å²) in [6, 6.07) is 2.39. The van der Waals surface area contributed by atoms with Crippen molar-refractivity contribution >= 4 is 17.3 Å². The minimum atomic E-state index is 0.566. The molecule has 0 bridgehead atoms. The fourth-order valence-electron chi connectivity index (χ4n) is 2.04. The zero-order chi connectivity index (χ0) is 9.97. The molecule has 1 saturated carbocycles. The van der Waals surface area contributed by atoms with Gasteiger partial charge in [0.25, 0.3) is 0 Å². The molecule has 1 aliphatic carbocycles. The third-order valence-electron chi connectivity index (χ3n) is 2.97. The molecule has 2 rings (SSSR count). The van der Waals surface area contributed by atoms with Crippen molar-refractivity contribution < 1.29 is 0 Å². The first kappa shape index (κ1) is 9.78. The fourth-order valence-corrected chi connectivity index (χ4v) is 2.20. The summed E-state index contributed by atoms with van der Waals surface area (Å²) in [5, 5.41) is 4.23. The summed E-state index contributed by atoms with van der Waals surface area (Å²) in [5.41, 5.74) is 0.966. The van der Waals surface area contributed by atoms with Crippen LogP contribution < -0.4 is 5.32 Å². The van der Waals surface area contributed by atoms with Gasteiger partial charge in [-0.2, -0.15) is 0 Å². The number of pyridine rings is 1. The Kier molecular flexibility index (Phi) is 2.92. The van der Waals surface area contributed by atoms with Crippen LogP contribution in [-0.4, -0.2) is 11.0 Å². The van der Waals surface area contributed by atoms with E-state index in [4.69, 9.17) is 11.6 Å². The number of anilines is 1. The molecule has 1 fully saturated rings. The summed E-state index contributed by atoms with van der Waals surface area (Å²) in [6.07, 6.45) is 7.39. The summed E-state index contributed by atoms with van der Waals surface area (Å²) >= 11 is 6.05. The van der Waals surface area contributed by atoms with Crippen LogP contribution in [0.2, 0.25) is 5.02 Å². The van der Waals surface area contributed by atoms with Crippen LogP contribution >= 0.6 is 11.6 Å².